The fourth-order valence-electron chi connectivity index (χ4n) is 1.77. The number of nitrogens with one attached hydrogen (secondary N) is 1. The molecule has 0 aliphatic carbocycles. The number of aromatic nitrogens is 1. The van der Waals surface area contributed by atoms with E-state index in [0.29, 0.717) is 12.1 Å². The predicted octanol–water partition coefficient (Wildman–Crippen LogP) is 3.53. The Morgan fingerprint density at radius 3 is 2.57 bits per heavy atom. The van der Waals surface area contributed by atoms with Gasteiger partial charge in [0.2, 0.25) is 10.0 Å². The Bertz CT molecular complexity index is 656. The molecule has 0 bridgehead atoms. The summed E-state index contributed by atoms with van der Waals surface area (Å²) >= 11 is 1.69. The van der Waals surface area contributed by atoms with E-state index in [2.05, 4.69) is 9.71 Å². The van der Waals surface area contributed by atoms with Crippen LogP contribution in [0.1, 0.15) is 18.9 Å². The van der Waals surface area contributed by atoms with Crippen molar-refractivity contribution in [2.24, 2.45) is 0 Å². The summed E-state index contributed by atoms with van der Waals surface area (Å²) in [6.45, 7) is 1.84. The Hall–Kier alpha value is -1.53. The number of benzene rings is 1. The highest BCUT2D eigenvalue weighted by atomic mass is 32.2. The lowest BCUT2D eigenvalue weighted by molar-refractivity contribution is 0.600. The third kappa shape index (κ3) is 5.40. The van der Waals surface area contributed by atoms with Crippen molar-refractivity contribution in [2.75, 3.05) is 10.5 Å². The van der Waals surface area contributed by atoms with E-state index in [4.69, 9.17) is 0 Å². The lowest BCUT2D eigenvalue weighted by Crippen LogP contribution is -2.15. The SMILES string of the molecule is CCCS(=O)(=O)Nc1ccc(SCc2cccnc2)cc1. The number of hydrogen-bond acceptors (Lipinski definition) is 4. The molecule has 0 fully saturated rings. The van der Waals surface area contributed by atoms with E-state index < -0.39 is 10.0 Å². The van der Waals surface area contributed by atoms with E-state index in [1.165, 1.54) is 0 Å². The van der Waals surface area contributed by atoms with Crippen molar-refractivity contribution in [2.45, 2.75) is 24.0 Å². The van der Waals surface area contributed by atoms with Crippen LogP contribution >= 0.6 is 11.8 Å². The molecule has 1 heterocycles. The minimum atomic E-state index is -3.22. The van der Waals surface area contributed by atoms with Crippen molar-refractivity contribution in [1.29, 1.82) is 0 Å². The molecule has 0 amide bonds. The molecule has 21 heavy (non-hydrogen) atoms. The van der Waals surface area contributed by atoms with Gasteiger partial charge in [-0.15, -0.1) is 11.8 Å². The Morgan fingerprint density at radius 2 is 1.95 bits per heavy atom. The molecular formula is C15H18N2O2S2. The fraction of sp³-hybridized carbons (Fsp3) is 0.267. The zero-order valence-corrected chi connectivity index (χ0v) is 13.5. The molecular weight excluding hydrogens is 304 g/mol. The summed E-state index contributed by atoms with van der Waals surface area (Å²) in [5, 5.41) is 0. The van der Waals surface area contributed by atoms with Crippen molar-refractivity contribution in [3.8, 4) is 0 Å². The molecule has 6 heteroatoms. The van der Waals surface area contributed by atoms with Crippen LogP contribution in [0.3, 0.4) is 0 Å². The van der Waals surface area contributed by atoms with Crippen LogP contribution in [0.25, 0.3) is 0 Å². The third-order valence-corrected chi connectivity index (χ3v) is 5.30. The summed E-state index contributed by atoms with van der Waals surface area (Å²) < 4.78 is 25.9. The second-order valence-electron chi connectivity index (χ2n) is 4.60. The van der Waals surface area contributed by atoms with Crippen LogP contribution < -0.4 is 4.72 Å². The first-order valence-corrected chi connectivity index (χ1v) is 9.35. The molecule has 0 radical (unpaired) electrons. The molecule has 1 N–H and O–H groups in total. The van der Waals surface area contributed by atoms with Gasteiger partial charge in [-0.3, -0.25) is 9.71 Å². The van der Waals surface area contributed by atoms with Crippen LogP contribution in [0.2, 0.25) is 0 Å². The van der Waals surface area contributed by atoms with Crippen LogP contribution in [-0.4, -0.2) is 19.2 Å². The summed E-state index contributed by atoms with van der Waals surface area (Å²) in [6, 6.07) is 11.4. The van der Waals surface area contributed by atoms with E-state index in [1.54, 1.807) is 30.1 Å². The summed E-state index contributed by atoms with van der Waals surface area (Å²) in [4.78, 5) is 5.17. The van der Waals surface area contributed by atoms with Gasteiger partial charge >= 0.3 is 0 Å². The third-order valence-electron chi connectivity index (χ3n) is 2.73. The minimum absolute atomic E-state index is 0.143. The van der Waals surface area contributed by atoms with Gasteiger partial charge in [-0.2, -0.15) is 0 Å². The molecule has 0 saturated heterocycles. The van der Waals surface area contributed by atoms with Crippen molar-refractivity contribution >= 4 is 27.5 Å². The van der Waals surface area contributed by atoms with Crippen LogP contribution in [-0.2, 0) is 15.8 Å². The second-order valence-corrected chi connectivity index (χ2v) is 7.49. The molecule has 112 valence electrons. The van der Waals surface area contributed by atoms with Crippen molar-refractivity contribution < 1.29 is 8.42 Å². The number of hydrogen-bond donors (Lipinski definition) is 1. The first kappa shape index (κ1) is 15.9. The van der Waals surface area contributed by atoms with Crippen LogP contribution in [0.4, 0.5) is 5.69 Å². The molecule has 4 nitrogen and oxygen atoms in total. The average molecular weight is 322 g/mol. The Morgan fingerprint density at radius 1 is 1.19 bits per heavy atom. The van der Waals surface area contributed by atoms with Crippen LogP contribution in [0.15, 0.2) is 53.7 Å². The van der Waals surface area contributed by atoms with Gasteiger partial charge in [0.1, 0.15) is 0 Å². The number of anilines is 1. The maximum absolute atomic E-state index is 11.7. The predicted molar refractivity (Wildman–Crippen MR) is 87.9 cm³/mol. The largest absolute Gasteiger partial charge is 0.284 e. The number of sulfonamides is 1. The van der Waals surface area contributed by atoms with Crippen LogP contribution in [0, 0.1) is 0 Å². The van der Waals surface area contributed by atoms with E-state index in [1.807, 2.05) is 37.4 Å². The molecule has 0 spiro atoms. The zero-order chi connectivity index (χ0) is 15.1. The molecule has 1 aromatic heterocycles. The number of rotatable bonds is 7. The molecule has 2 aromatic rings. The monoisotopic (exact) mass is 322 g/mol. The first-order valence-electron chi connectivity index (χ1n) is 6.71. The van der Waals surface area contributed by atoms with Gasteiger partial charge in [0.05, 0.1) is 5.75 Å². The second kappa shape index (κ2) is 7.47. The molecule has 2 rings (SSSR count). The van der Waals surface area contributed by atoms with E-state index in [9.17, 15) is 8.42 Å². The number of pyridine rings is 1. The number of thioether (sulfide) groups is 1. The van der Waals surface area contributed by atoms with Crippen molar-refractivity contribution in [1.82, 2.24) is 4.98 Å². The molecule has 0 saturated carbocycles. The quantitative estimate of drug-likeness (QED) is 0.792. The summed E-state index contributed by atoms with van der Waals surface area (Å²) in [7, 11) is -3.22. The molecule has 0 atom stereocenters. The summed E-state index contributed by atoms with van der Waals surface area (Å²) in [5.41, 5.74) is 1.77. The lowest BCUT2D eigenvalue weighted by atomic mass is 10.3. The van der Waals surface area contributed by atoms with Gasteiger partial charge in [0.15, 0.2) is 0 Å². The standard InChI is InChI=1S/C15H18N2O2S2/c1-2-10-21(18,19)17-14-5-7-15(8-6-14)20-12-13-4-3-9-16-11-13/h3-9,11,17H,2,10,12H2,1H3. The van der Waals surface area contributed by atoms with Crippen molar-refractivity contribution in [3.63, 3.8) is 0 Å². The minimum Gasteiger partial charge on any atom is -0.284 e. The van der Waals surface area contributed by atoms with Crippen molar-refractivity contribution in [3.05, 3.63) is 54.4 Å². The van der Waals surface area contributed by atoms with Gasteiger partial charge in [-0.1, -0.05) is 13.0 Å². The highest BCUT2D eigenvalue weighted by Crippen LogP contribution is 2.24. The van der Waals surface area contributed by atoms with Gasteiger partial charge in [0, 0.05) is 28.7 Å². The zero-order valence-electron chi connectivity index (χ0n) is 11.8. The summed E-state index contributed by atoms with van der Waals surface area (Å²) in [6.07, 6.45) is 4.21. The Kier molecular flexibility index (Phi) is 5.64. The normalized spacial score (nSPS) is 11.3. The highest BCUT2D eigenvalue weighted by molar-refractivity contribution is 7.98. The highest BCUT2D eigenvalue weighted by Gasteiger charge is 2.08. The molecule has 1 aromatic carbocycles. The lowest BCUT2D eigenvalue weighted by Gasteiger charge is -2.08. The average Bonchev–Trinajstić information content (AvgIpc) is 2.47. The molecule has 0 aliphatic heterocycles. The van der Waals surface area contributed by atoms with Gasteiger partial charge in [0.25, 0.3) is 0 Å². The smallest absolute Gasteiger partial charge is 0.232 e. The maximum atomic E-state index is 11.7. The fourth-order valence-corrected chi connectivity index (χ4v) is 3.74. The van der Waals surface area contributed by atoms with E-state index in [0.717, 1.165) is 16.2 Å². The maximum Gasteiger partial charge on any atom is 0.232 e. The summed E-state index contributed by atoms with van der Waals surface area (Å²) in [5.74, 6) is 0.985. The van der Waals surface area contributed by atoms with Crippen LogP contribution in [0.5, 0.6) is 0 Å². The van der Waals surface area contributed by atoms with E-state index >= 15 is 0 Å². The number of nitrogens with zero attached hydrogens (tertiary/aromatic N) is 1. The Labute approximate surface area is 130 Å². The van der Waals surface area contributed by atoms with Gasteiger partial charge in [-0.05, 0) is 42.3 Å². The molecule has 0 aliphatic rings. The van der Waals surface area contributed by atoms with Gasteiger partial charge in [-0.25, -0.2) is 8.42 Å². The first-order chi connectivity index (χ1) is 10.1. The molecule has 0 unspecified atom stereocenters. The Balaban J connectivity index is 1.93. The topological polar surface area (TPSA) is 59.1 Å². The van der Waals surface area contributed by atoms with E-state index in [-0.39, 0.29) is 5.75 Å². The van der Waals surface area contributed by atoms with Gasteiger partial charge < -0.3 is 0 Å².